The van der Waals surface area contributed by atoms with Gasteiger partial charge in [0.1, 0.15) is 0 Å². The first-order valence-corrected chi connectivity index (χ1v) is 6.33. The summed E-state index contributed by atoms with van der Waals surface area (Å²) in [6.07, 6.45) is 0.781. The van der Waals surface area contributed by atoms with Crippen LogP contribution in [0.2, 0.25) is 0 Å². The summed E-state index contributed by atoms with van der Waals surface area (Å²) >= 11 is 1.54. The largest absolute Gasteiger partial charge is 0.346 e. The van der Waals surface area contributed by atoms with Crippen LogP contribution in [0, 0.1) is 0 Å². The molecule has 2 aliphatic heterocycles. The first-order valence-electron chi connectivity index (χ1n) is 5.38. The van der Waals surface area contributed by atoms with Gasteiger partial charge >= 0.3 is 0 Å². The van der Waals surface area contributed by atoms with Gasteiger partial charge in [0.25, 0.3) is 5.91 Å². The Bertz CT molecular complexity index is 384. The molecule has 4 nitrogen and oxygen atoms in total. The quantitative estimate of drug-likeness (QED) is 0.742. The van der Waals surface area contributed by atoms with E-state index in [9.17, 15) is 4.79 Å². The van der Waals surface area contributed by atoms with E-state index in [1.54, 1.807) is 11.3 Å². The van der Waals surface area contributed by atoms with Crippen molar-refractivity contribution in [3.05, 3.63) is 22.4 Å². The zero-order chi connectivity index (χ0) is 11.0. The van der Waals surface area contributed by atoms with Gasteiger partial charge in [0.05, 0.1) is 25.3 Å². The number of ether oxygens (including phenoxy) is 2. The highest BCUT2D eigenvalue weighted by Crippen LogP contribution is 2.31. The molecule has 0 N–H and O–H groups in total. The van der Waals surface area contributed by atoms with E-state index in [0.717, 1.165) is 12.0 Å². The van der Waals surface area contributed by atoms with Crippen LogP contribution >= 0.6 is 11.3 Å². The molecule has 2 fully saturated rings. The van der Waals surface area contributed by atoms with Gasteiger partial charge in [-0.1, -0.05) is 0 Å². The predicted molar refractivity (Wildman–Crippen MR) is 59.5 cm³/mol. The van der Waals surface area contributed by atoms with Gasteiger partial charge in [-0.05, 0) is 11.4 Å². The second-order valence-corrected chi connectivity index (χ2v) is 4.88. The number of carbonyl (C=O) groups is 1. The Morgan fingerprint density at radius 1 is 1.44 bits per heavy atom. The molecule has 1 amide bonds. The maximum absolute atomic E-state index is 12.1. The molecule has 0 bridgehead atoms. The third-order valence-corrected chi connectivity index (χ3v) is 3.75. The van der Waals surface area contributed by atoms with Crippen molar-refractivity contribution in [3.8, 4) is 0 Å². The number of amides is 1. The van der Waals surface area contributed by atoms with Crippen molar-refractivity contribution in [2.24, 2.45) is 0 Å². The second kappa shape index (κ2) is 3.84. The highest BCUT2D eigenvalue weighted by Gasteiger charge is 2.44. The number of rotatable bonds is 1. The molecule has 0 saturated carbocycles. The molecule has 3 heterocycles. The lowest BCUT2D eigenvalue weighted by molar-refractivity contribution is -0.143. The van der Waals surface area contributed by atoms with Crippen molar-refractivity contribution in [1.29, 1.82) is 0 Å². The van der Waals surface area contributed by atoms with Crippen LogP contribution in [-0.4, -0.2) is 42.9 Å². The molecule has 0 radical (unpaired) electrons. The molecule has 86 valence electrons. The number of thiophene rings is 1. The molecule has 1 aromatic heterocycles. The van der Waals surface area contributed by atoms with Crippen LogP contribution in [0.4, 0.5) is 0 Å². The smallest absolute Gasteiger partial charge is 0.254 e. The minimum Gasteiger partial charge on any atom is -0.346 e. The molecule has 1 aromatic rings. The van der Waals surface area contributed by atoms with Crippen molar-refractivity contribution in [2.75, 3.05) is 26.3 Å². The van der Waals surface area contributed by atoms with Crippen molar-refractivity contribution >= 4 is 17.2 Å². The third-order valence-electron chi connectivity index (χ3n) is 3.06. The molecule has 5 heteroatoms. The zero-order valence-corrected chi connectivity index (χ0v) is 9.66. The van der Waals surface area contributed by atoms with Crippen molar-refractivity contribution in [1.82, 2.24) is 4.90 Å². The molecule has 0 aromatic carbocycles. The molecular formula is C11H13NO3S. The summed E-state index contributed by atoms with van der Waals surface area (Å²) in [6.45, 7) is 2.55. The van der Waals surface area contributed by atoms with E-state index in [1.165, 1.54) is 0 Å². The first-order chi connectivity index (χ1) is 7.79. The van der Waals surface area contributed by atoms with E-state index >= 15 is 0 Å². The Hall–Kier alpha value is -0.910. The summed E-state index contributed by atoms with van der Waals surface area (Å²) < 4.78 is 11.2. The van der Waals surface area contributed by atoms with Gasteiger partial charge in [-0.15, -0.1) is 0 Å². The number of nitrogens with zero attached hydrogens (tertiary/aromatic N) is 1. The van der Waals surface area contributed by atoms with E-state index in [2.05, 4.69) is 0 Å². The SMILES string of the molecule is O=C(c1ccsc1)N1CCC2(C1)OCCO2. The normalized spacial score (nSPS) is 23.1. The van der Waals surface area contributed by atoms with Crippen LogP contribution in [0.5, 0.6) is 0 Å². The summed E-state index contributed by atoms with van der Waals surface area (Å²) in [4.78, 5) is 13.9. The summed E-state index contributed by atoms with van der Waals surface area (Å²) in [5.74, 6) is -0.427. The Morgan fingerprint density at radius 3 is 2.94 bits per heavy atom. The molecule has 2 aliphatic rings. The molecule has 2 saturated heterocycles. The van der Waals surface area contributed by atoms with Crippen LogP contribution in [0.25, 0.3) is 0 Å². The zero-order valence-electron chi connectivity index (χ0n) is 8.85. The molecule has 0 atom stereocenters. The fraction of sp³-hybridized carbons (Fsp3) is 0.545. The topological polar surface area (TPSA) is 38.8 Å². The van der Waals surface area contributed by atoms with Crippen LogP contribution in [0.15, 0.2) is 16.8 Å². The van der Waals surface area contributed by atoms with Crippen LogP contribution in [0.3, 0.4) is 0 Å². The Morgan fingerprint density at radius 2 is 2.25 bits per heavy atom. The maximum Gasteiger partial charge on any atom is 0.254 e. The van der Waals surface area contributed by atoms with E-state index in [0.29, 0.717) is 26.3 Å². The van der Waals surface area contributed by atoms with Gasteiger partial charge in [-0.25, -0.2) is 0 Å². The average molecular weight is 239 g/mol. The number of hydrogen-bond acceptors (Lipinski definition) is 4. The van der Waals surface area contributed by atoms with Crippen molar-refractivity contribution < 1.29 is 14.3 Å². The van der Waals surface area contributed by atoms with Gasteiger partial charge in [0.15, 0.2) is 5.79 Å². The van der Waals surface area contributed by atoms with Crippen LogP contribution < -0.4 is 0 Å². The van der Waals surface area contributed by atoms with Gasteiger partial charge in [0, 0.05) is 18.3 Å². The first kappa shape index (κ1) is 10.3. The fourth-order valence-electron chi connectivity index (χ4n) is 2.23. The lowest BCUT2D eigenvalue weighted by atomic mass is 10.2. The minimum atomic E-state index is -0.508. The van der Waals surface area contributed by atoms with Crippen LogP contribution in [0.1, 0.15) is 16.8 Å². The number of hydrogen-bond donors (Lipinski definition) is 0. The highest BCUT2D eigenvalue weighted by molar-refractivity contribution is 7.08. The van der Waals surface area contributed by atoms with Gasteiger partial charge < -0.3 is 14.4 Å². The maximum atomic E-state index is 12.1. The van der Waals surface area contributed by atoms with E-state index < -0.39 is 5.79 Å². The summed E-state index contributed by atoms with van der Waals surface area (Å²) in [5, 5.41) is 3.80. The monoisotopic (exact) mass is 239 g/mol. The average Bonchev–Trinajstić information content (AvgIpc) is 3.01. The molecule has 0 unspecified atom stereocenters. The minimum absolute atomic E-state index is 0.0808. The van der Waals surface area contributed by atoms with Crippen molar-refractivity contribution in [2.45, 2.75) is 12.2 Å². The molecule has 0 aliphatic carbocycles. The second-order valence-electron chi connectivity index (χ2n) is 4.10. The standard InChI is InChI=1S/C11H13NO3S/c13-10(9-1-6-16-7-9)12-3-2-11(8-12)14-4-5-15-11/h1,6-7H,2-5,8H2. The molecule has 3 rings (SSSR count). The molecule has 16 heavy (non-hydrogen) atoms. The Kier molecular flexibility index (Phi) is 2.46. The number of carbonyl (C=O) groups excluding carboxylic acids is 1. The summed E-state index contributed by atoms with van der Waals surface area (Å²) in [6, 6.07) is 1.86. The lowest BCUT2D eigenvalue weighted by Gasteiger charge is -2.22. The van der Waals surface area contributed by atoms with E-state index in [-0.39, 0.29) is 5.91 Å². The summed E-state index contributed by atoms with van der Waals surface area (Å²) in [7, 11) is 0. The van der Waals surface area contributed by atoms with Crippen molar-refractivity contribution in [3.63, 3.8) is 0 Å². The van der Waals surface area contributed by atoms with Gasteiger partial charge in [0.2, 0.25) is 0 Å². The fourth-order valence-corrected chi connectivity index (χ4v) is 2.86. The van der Waals surface area contributed by atoms with E-state index in [1.807, 2.05) is 21.7 Å². The Labute approximate surface area is 97.8 Å². The predicted octanol–water partition coefficient (Wildman–Crippen LogP) is 1.34. The van der Waals surface area contributed by atoms with Gasteiger partial charge in [-0.3, -0.25) is 4.79 Å². The van der Waals surface area contributed by atoms with Crippen LogP contribution in [-0.2, 0) is 9.47 Å². The Balaban J connectivity index is 1.72. The third kappa shape index (κ3) is 1.65. The van der Waals surface area contributed by atoms with E-state index in [4.69, 9.17) is 9.47 Å². The summed E-state index contributed by atoms with van der Waals surface area (Å²) in [5.41, 5.74) is 0.764. The highest BCUT2D eigenvalue weighted by atomic mass is 32.1. The lowest BCUT2D eigenvalue weighted by Crippen LogP contribution is -2.36. The molecule has 1 spiro atoms. The molecular weight excluding hydrogens is 226 g/mol. The van der Waals surface area contributed by atoms with Gasteiger partial charge in [-0.2, -0.15) is 11.3 Å². The number of likely N-dealkylation sites (tertiary alicyclic amines) is 1.